The predicted octanol–water partition coefficient (Wildman–Crippen LogP) is 5.21. The highest BCUT2D eigenvalue weighted by Crippen LogP contribution is 2.25. The Balaban J connectivity index is 1.63. The summed E-state index contributed by atoms with van der Waals surface area (Å²) in [6, 6.07) is 17.0. The Morgan fingerprint density at radius 3 is 2.00 bits per heavy atom. The molecule has 168 valence electrons. The quantitative estimate of drug-likeness (QED) is 0.448. The minimum Gasteiger partial charge on any atom is -0.497 e. The van der Waals surface area contributed by atoms with Gasteiger partial charge in [0.25, 0.3) is 15.9 Å². The maximum Gasteiger partial charge on any atom is 0.265 e. The van der Waals surface area contributed by atoms with Gasteiger partial charge >= 0.3 is 0 Å². The van der Waals surface area contributed by atoms with Crippen molar-refractivity contribution < 1.29 is 22.7 Å². The Bertz CT molecular complexity index is 1180. The highest BCUT2D eigenvalue weighted by atomic mass is 35.5. The first-order valence-corrected chi connectivity index (χ1v) is 11.6. The van der Waals surface area contributed by atoms with E-state index >= 15 is 0 Å². The third-order valence-corrected chi connectivity index (χ3v) is 6.12. The van der Waals surface area contributed by atoms with Crippen molar-refractivity contribution in [3.63, 3.8) is 0 Å². The fourth-order valence-electron chi connectivity index (χ4n) is 2.70. The lowest BCUT2D eigenvalue weighted by Gasteiger charge is -2.15. The number of rotatable bonds is 8. The topological polar surface area (TPSA) is 93.7 Å². The average Bonchev–Trinajstić information content (AvgIpc) is 2.73. The van der Waals surface area contributed by atoms with Crippen LogP contribution in [-0.4, -0.2) is 27.5 Å². The summed E-state index contributed by atoms with van der Waals surface area (Å²) in [4.78, 5) is 12.4. The van der Waals surface area contributed by atoms with Crippen LogP contribution in [0.25, 0.3) is 0 Å². The number of hydrogen-bond donors (Lipinski definition) is 2. The van der Waals surface area contributed by atoms with Gasteiger partial charge < -0.3 is 14.8 Å². The Kier molecular flexibility index (Phi) is 7.50. The molecule has 0 bridgehead atoms. The molecule has 7 nitrogen and oxygen atoms in total. The molecule has 0 spiro atoms. The lowest BCUT2D eigenvalue weighted by molar-refractivity contribution is -0.122. The maximum atomic E-state index is 12.6. The molecule has 0 heterocycles. The minimum atomic E-state index is -3.87. The number of ether oxygens (including phenoxy) is 2. The largest absolute Gasteiger partial charge is 0.497 e. The Labute approximate surface area is 196 Å². The standard InChI is InChI=1S/C22H20Cl2N2O5S/c1-14(31-20-7-5-19(30-2)6-8-20)22(27)25-17-3-9-21(10-4-17)32(28,29)26-18-12-15(23)11-16(24)13-18/h3-14,26H,1-2H3,(H,25,27)/t14-/m1/s1. The van der Waals surface area contributed by atoms with E-state index in [1.165, 1.54) is 42.5 Å². The summed E-state index contributed by atoms with van der Waals surface area (Å²) in [6.45, 7) is 1.61. The Morgan fingerprint density at radius 2 is 1.44 bits per heavy atom. The first kappa shape index (κ1) is 23.7. The number of benzene rings is 3. The molecule has 0 aliphatic rings. The van der Waals surface area contributed by atoms with Gasteiger partial charge in [-0.2, -0.15) is 0 Å². The van der Waals surface area contributed by atoms with Gasteiger partial charge in [0.15, 0.2) is 6.10 Å². The van der Waals surface area contributed by atoms with Gasteiger partial charge in [-0.1, -0.05) is 23.2 Å². The molecule has 0 unspecified atom stereocenters. The number of hydrogen-bond acceptors (Lipinski definition) is 5. The molecule has 3 aromatic rings. The van der Waals surface area contributed by atoms with Crippen LogP contribution in [0.5, 0.6) is 11.5 Å². The summed E-state index contributed by atoms with van der Waals surface area (Å²) in [5, 5.41) is 3.30. The Hall–Kier alpha value is -2.94. The van der Waals surface area contributed by atoms with E-state index in [-0.39, 0.29) is 16.5 Å². The van der Waals surface area contributed by atoms with Crippen molar-refractivity contribution in [2.75, 3.05) is 17.1 Å². The smallest absolute Gasteiger partial charge is 0.265 e. The van der Waals surface area contributed by atoms with Crippen molar-refractivity contribution in [3.05, 3.63) is 76.8 Å². The number of halogens is 2. The number of carbonyl (C=O) groups excluding carboxylic acids is 1. The summed E-state index contributed by atoms with van der Waals surface area (Å²) < 4.78 is 38.3. The van der Waals surface area contributed by atoms with Crippen molar-refractivity contribution in [1.82, 2.24) is 0 Å². The van der Waals surface area contributed by atoms with Crippen molar-refractivity contribution in [2.24, 2.45) is 0 Å². The molecule has 0 radical (unpaired) electrons. The normalized spacial score (nSPS) is 12.0. The summed E-state index contributed by atoms with van der Waals surface area (Å²) in [7, 11) is -2.31. The second-order valence-electron chi connectivity index (χ2n) is 6.71. The molecule has 0 saturated carbocycles. The van der Waals surface area contributed by atoms with E-state index in [9.17, 15) is 13.2 Å². The molecule has 32 heavy (non-hydrogen) atoms. The van der Waals surface area contributed by atoms with Crippen LogP contribution < -0.4 is 19.5 Å². The second kappa shape index (κ2) is 10.1. The van der Waals surface area contributed by atoms with Gasteiger partial charge in [0.05, 0.1) is 17.7 Å². The molecule has 0 aromatic heterocycles. The average molecular weight is 495 g/mol. The van der Waals surface area contributed by atoms with Crippen LogP contribution in [0.2, 0.25) is 10.0 Å². The Morgan fingerprint density at radius 1 is 0.875 bits per heavy atom. The van der Waals surface area contributed by atoms with Crippen molar-refractivity contribution in [1.29, 1.82) is 0 Å². The SMILES string of the molecule is COc1ccc(O[C@H](C)C(=O)Nc2ccc(S(=O)(=O)Nc3cc(Cl)cc(Cl)c3)cc2)cc1. The molecular weight excluding hydrogens is 475 g/mol. The second-order valence-corrected chi connectivity index (χ2v) is 9.27. The van der Waals surface area contributed by atoms with E-state index in [2.05, 4.69) is 10.0 Å². The van der Waals surface area contributed by atoms with Gasteiger partial charge in [0.2, 0.25) is 0 Å². The fourth-order valence-corrected chi connectivity index (χ4v) is 4.27. The summed E-state index contributed by atoms with van der Waals surface area (Å²) in [5.74, 6) is 0.808. The third kappa shape index (κ3) is 6.29. The van der Waals surface area contributed by atoms with Crippen molar-refractivity contribution in [2.45, 2.75) is 17.9 Å². The van der Waals surface area contributed by atoms with Gasteiger partial charge in [-0.25, -0.2) is 8.42 Å². The predicted molar refractivity (Wildman–Crippen MR) is 125 cm³/mol. The van der Waals surface area contributed by atoms with E-state index in [0.29, 0.717) is 27.2 Å². The highest BCUT2D eigenvalue weighted by molar-refractivity contribution is 7.92. The molecule has 2 N–H and O–H groups in total. The number of nitrogens with one attached hydrogen (secondary N) is 2. The first-order valence-electron chi connectivity index (χ1n) is 9.37. The van der Waals surface area contributed by atoms with Crippen LogP contribution in [-0.2, 0) is 14.8 Å². The van der Waals surface area contributed by atoms with Crippen LogP contribution >= 0.6 is 23.2 Å². The van der Waals surface area contributed by atoms with E-state index in [1.54, 1.807) is 38.3 Å². The molecule has 0 aliphatic heterocycles. The molecule has 3 rings (SSSR count). The van der Waals surface area contributed by atoms with E-state index < -0.39 is 16.1 Å². The maximum absolute atomic E-state index is 12.6. The minimum absolute atomic E-state index is 0.00845. The summed E-state index contributed by atoms with van der Waals surface area (Å²) in [5.41, 5.74) is 0.661. The van der Waals surface area contributed by atoms with Gasteiger partial charge in [0.1, 0.15) is 11.5 Å². The van der Waals surface area contributed by atoms with Crippen LogP contribution in [0.3, 0.4) is 0 Å². The molecule has 1 amide bonds. The van der Waals surface area contributed by atoms with Crippen LogP contribution in [0.15, 0.2) is 71.6 Å². The molecule has 1 atom stereocenters. The number of carbonyl (C=O) groups is 1. The van der Waals surface area contributed by atoms with E-state index in [1.807, 2.05) is 0 Å². The zero-order valence-electron chi connectivity index (χ0n) is 17.1. The monoisotopic (exact) mass is 494 g/mol. The fraction of sp³-hybridized carbons (Fsp3) is 0.136. The van der Waals surface area contributed by atoms with Gasteiger partial charge in [-0.15, -0.1) is 0 Å². The van der Waals surface area contributed by atoms with Gasteiger partial charge in [-0.05, 0) is 73.7 Å². The number of sulfonamides is 1. The number of anilines is 2. The van der Waals surface area contributed by atoms with Crippen molar-refractivity contribution >= 4 is 50.5 Å². The van der Waals surface area contributed by atoms with Crippen LogP contribution in [0.1, 0.15) is 6.92 Å². The van der Waals surface area contributed by atoms with Gasteiger partial charge in [0, 0.05) is 15.7 Å². The van der Waals surface area contributed by atoms with Crippen molar-refractivity contribution in [3.8, 4) is 11.5 Å². The first-order chi connectivity index (χ1) is 15.2. The molecule has 0 saturated heterocycles. The molecular formula is C22H20Cl2N2O5S. The van der Waals surface area contributed by atoms with Crippen LogP contribution in [0, 0.1) is 0 Å². The third-order valence-electron chi connectivity index (χ3n) is 4.29. The van der Waals surface area contributed by atoms with E-state index in [4.69, 9.17) is 32.7 Å². The highest BCUT2D eigenvalue weighted by Gasteiger charge is 2.17. The number of methoxy groups -OCH3 is 1. The zero-order valence-corrected chi connectivity index (χ0v) is 19.5. The summed E-state index contributed by atoms with van der Waals surface area (Å²) >= 11 is 11.8. The van der Waals surface area contributed by atoms with Crippen LogP contribution in [0.4, 0.5) is 11.4 Å². The van der Waals surface area contributed by atoms with E-state index in [0.717, 1.165) is 0 Å². The molecule has 0 fully saturated rings. The summed E-state index contributed by atoms with van der Waals surface area (Å²) in [6.07, 6.45) is -0.777. The molecule has 10 heteroatoms. The lowest BCUT2D eigenvalue weighted by Crippen LogP contribution is -2.30. The number of amides is 1. The molecule has 0 aliphatic carbocycles. The lowest BCUT2D eigenvalue weighted by atomic mass is 10.3. The molecule has 3 aromatic carbocycles. The van der Waals surface area contributed by atoms with Gasteiger partial charge in [-0.3, -0.25) is 9.52 Å². The zero-order chi connectivity index (χ0) is 23.3.